The molecule has 0 atom stereocenters. The lowest BCUT2D eigenvalue weighted by Crippen LogP contribution is -2.23. The average molecular weight is 278 g/mol. The van der Waals surface area contributed by atoms with E-state index in [-0.39, 0.29) is 6.61 Å². The minimum Gasteiger partial charge on any atom is -0.460 e. The number of rotatable bonds is 3. The fourth-order valence-corrected chi connectivity index (χ4v) is 1.51. The zero-order chi connectivity index (χ0) is 14.8. The van der Waals surface area contributed by atoms with Gasteiger partial charge < -0.3 is 4.74 Å². The molecule has 0 spiro atoms. The van der Waals surface area contributed by atoms with Crippen LogP contribution in [0, 0.1) is 12.7 Å². The third-order valence-electron chi connectivity index (χ3n) is 2.39. The Morgan fingerprint density at radius 3 is 2.32 bits per heavy atom. The van der Waals surface area contributed by atoms with Crippen LogP contribution in [0.25, 0.3) is 0 Å². The van der Waals surface area contributed by atoms with Crippen molar-refractivity contribution in [3.05, 3.63) is 34.6 Å². The number of hydrogen-bond acceptors (Lipinski definition) is 3. The number of Topliss-reactive ketones (excluding diaryl/α,β-unsaturated/α-hetero) is 1. The Balaban J connectivity index is 3.43. The SMILES string of the molecule is CCOC(=O)C(=O)c1c(C(F)(F)F)ccc(F)c1C. The molecule has 0 fully saturated rings. The highest BCUT2D eigenvalue weighted by molar-refractivity contribution is 6.41. The van der Waals surface area contributed by atoms with Crippen molar-refractivity contribution in [2.24, 2.45) is 0 Å². The summed E-state index contributed by atoms with van der Waals surface area (Å²) < 4.78 is 55.9. The molecule has 19 heavy (non-hydrogen) atoms. The summed E-state index contributed by atoms with van der Waals surface area (Å²) in [5.74, 6) is -3.95. The molecule has 0 aliphatic carbocycles. The molecule has 0 saturated heterocycles. The van der Waals surface area contributed by atoms with Gasteiger partial charge in [0.15, 0.2) is 0 Å². The second-order valence-corrected chi connectivity index (χ2v) is 3.64. The van der Waals surface area contributed by atoms with E-state index >= 15 is 0 Å². The molecule has 0 saturated carbocycles. The largest absolute Gasteiger partial charge is 0.460 e. The third kappa shape index (κ3) is 3.10. The molecule has 0 aliphatic rings. The monoisotopic (exact) mass is 278 g/mol. The summed E-state index contributed by atoms with van der Waals surface area (Å²) in [4.78, 5) is 22.9. The molecule has 1 rings (SSSR count). The molecule has 0 bridgehead atoms. The van der Waals surface area contributed by atoms with Crippen LogP contribution < -0.4 is 0 Å². The standard InChI is InChI=1S/C12H10F4O3/c1-3-19-11(18)10(17)9-6(2)8(13)5-4-7(9)12(14,15)16/h4-5H,3H2,1-2H3. The Morgan fingerprint density at radius 2 is 1.84 bits per heavy atom. The number of carbonyl (C=O) groups is 2. The van der Waals surface area contributed by atoms with Gasteiger partial charge in [-0.05, 0) is 31.5 Å². The van der Waals surface area contributed by atoms with Gasteiger partial charge in [0.05, 0.1) is 12.2 Å². The predicted molar refractivity (Wildman–Crippen MR) is 57.1 cm³/mol. The molecule has 0 amide bonds. The first kappa shape index (κ1) is 15.1. The first-order chi connectivity index (χ1) is 8.70. The Kier molecular flexibility index (Phi) is 4.28. The number of ketones is 1. The topological polar surface area (TPSA) is 43.4 Å². The van der Waals surface area contributed by atoms with E-state index in [9.17, 15) is 27.2 Å². The van der Waals surface area contributed by atoms with Gasteiger partial charge in [0, 0.05) is 5.56 Å². The lowest BCUT2D eigenvalue weighted by Gasteiger charge is -2.14. The molecular weight excluding hydrogens is 268 g/mol. The maximum Gasteiger partial charge on any atom is 0.417 e. The van der Waals surface area contributed by atoms with Gasteiger partial charge in [0.2, 0.25) is 0 Å². The van der Waals surface area contributed by atoms with Gasteiger partial charge in [-0.2, -0.15) is 13.2 Å². The Morgan fingerprint density at radius 1 is 1.26 bits per heavy atom. The van der Waals surface area contributed by atoms with Gasteiger partial charge in [-0.1, -0.05) is 0 Å². The lowest BCUT2D eigenvalue weighted by atomic mass is 9.97. The summed E-state index contributed by atoms with van der Waals surface area (Å²) in [6.45, 7) is 2.23. The summed E-state index contributed by atoms with van der Waals surface area (Å²) in [6.07, 6.45) is -4.87. The number of esters is 1. The molecule has 0 N–H and O–H groups in total. The van der Waals surface area contributed by atoms with Crippen LogP contribution in [0.15, 0.2) is 12.1 Å². The third-order valence-corrected chi connectivity index (χ3v) is 2.39. The minimum atomic E-state index is -4.87. The molecule has 0 unspecified atom stereocenters. The van der Waals surface area contributed by atoms with Crippen molar-refractivity contribution in [3.8, 4) is 0 Å². The first-order valence-electron chi connectivity index (χ1n) is 5.27. The van der Waals surface area contributed by atoms with Crippen LogP contribution in [-0.2, 0) is 15.7 Å². The van der Waals surface area contributed by atoms with E-state index in [0.717, 1.165) is 6.92 Å². The van der Waals surface area contributed by atoms with E-state index in [2.05, 4.69) is 4.74 Å². The highest BCUT2D eigenvalue weighted by Gasteiger charge is 2.38. The van der Waals surface area contributed by atoms with E-state index in [0.29, 0.717) is 12.1 Å². The Bertz CT molecular complexity index is 520. The summed E-state index contributed by atoms with van der Waals surface area (Å²) in [5.41, 5.74) is -2.90. The summed E-state index contributed by atoms with van der Waals surface area (Å²) >= 11 is 0. The quantitative estimate of drug-likeness (QED) is 0.369. The molecule has 0 radical (unpaired) electrons. The van der Waals surface area contributed by atoms with Gasteiger partial charge >= 0.3 is 12.1 Å². The predicted octanol–water partition coefficient (Wildman–Crippen LogP) is 2.90. The van der Waals surface area contributed by atoms with Crippen LogP contribution in [0.4, 0.5) is 17.6 Å². The Hall–Kier alpha value is -1.92. The number of hydrogen-bond donors (Lipinski definition) is 0. The van der Waals surface area contributed by atoms with Crippen molar-refractivity contribution in [3.63, 3.8) is 0 Å². The lowest BCUT2D eigenvalue weighted by molar-refractivity contribution is -0.139. The van der Waals surface area contributed by atoms with Crippen molar-refractivity contribution in [1.29, 1.82) is 0 Å². The second kappa shape index (κ2) is 5.38. The van der Waals surface area contributed by atoms with E-state index in [1.165, 1.54) is 6.92 Å². The van der Waals surface area contributed by atoms with Crippen molar-refractivity contribution in [2.45, 2.75) is 20.0 Å². The highest BCUT2D eigenvalue weighted by atomic mass is 19.4. The van der Waals surface area contributed by atoms with Crippen LogP contribution in [0.2, 0.25) is 0 Å². The van der Waals surface area contributed by atoms with Gasteiger partial charge in [0.1, 0.15) is 5.82 Å². The van der Waals surface area contributed by atoms with Crippen molar-refractivity contribution >= 4 is 11.8 Å². The van der Waals surface area contributed by atoms with Crippen molar-refractivity contribution in [1.82, 2.24) is 0 Å². The summed E-state index contributed by atoms with van der Waals surface area (Å²) in [5, 5.41) is 0. The molecule has 7 heteroatoms. The highest BCUT2D eigenvalue weighted by Crippen LogP contribution is 2.34. The van der Waals surface area contributed by atoms with E-state index in [4.69, 9.17) is 0 Å². The molecule has 1 aromatic carbocycles. The van der Waals surface area contributed by atoms with Gasteiger partial charge in [-0.15, -0.1) is 0 Å². The number of halogens is 4. The maximum absolute atomic E-state index is 13.3. The van der Waals surface area contributed by atoms with Gasteiger partial charge in [0.25, 0.3) is 5.78 Å². The molecule has 0 aliphatic heterocycles. The van der Waals surface area contributed by atoms with Gasteiger partial charge in [-0.3, -0.25) is 4.79 Å². The fraction of sp³-hybridized carbons (Fsp3) is 0.333. The first-order valence-corrected chi connectivity index (χ1v) is 5.27. The van der Waals surface area contributed by atoms with Crippen LogP contribution in [0.5, 0.6) is 0 Å². The van der Waals surface area contributed by atoms with Crippen molar-refractivity contribution < 1.29 is 31.9 Å². The number of alkyl halides is 3. The normalized spacial score (nSPS) is 11.3. The van der Waals surface area contributed by atoms with E-state index in [1.807, 2.05) is 0 Å². The van der Waals surface area contributed by atoms with E-state index < -0.39 is 40.4 Å². The van der Waals surface area contributed by atoms with Crippen LogP contribution >= 0.6 is 0 Å². The zero-order valence-electron chi connectivity index (χ0n) is 10.1. The number of carbonyl (C=O) groups excluding carboxylic acids is 2. The molecule has 0 heterocycles. The van der Waals surface area contributed by atoms with Crippen LogP contribution in [0.1, 0.15) is 28.4 Å². The molecular formula is C12H10F4O3. The molecule has 0 aromatic heterocycles. The molecule has 1 aromatic rings. The van der Waals surface area contributed by atoms with Crippen LogP contribution in [0.3, 0.4) is 0 Å². The molecule has 104 valence electrons. The zero-order valence-corrected chi connectivity index (χ0v) is 10.1. The smallest absolute Gasteiger partial charge is 0.417 e. The summed E-state index contributed by atoms with van der Waals surface area (Å²) in [6, 6.07) is 1.02. The average Bonchev–Trinajstić information content (AvgIpc) is 2.30. The van der Waals surface area contributed by atoms with E-state index in [1.54, 1.807) is 0 Å². The number of ether oxygens (including phenoxy) is 1. The number of benzene rings is 1. The Labute approximate surface area is 106 Å². The van der Waals surface area contributed by atoms with Crippen molar-refractivity contribution in [2.75, 3.05) is 6.61 Å². The molecule has 3 nitrogen and oxygen atoms in total. The van der Waals surface area contributed by atoms with Crippen LogP contribution in [-0.4, -0.2) is 18.4 Å². The minimum absolute atomic E-state index is 0.166. The summed E-state index contributed by atoms with van der Waals surface area (Å²) in [7, 11) is 0. The fourth-order valence-electron chi connectivity index (χ4n) is 1.51. The second-order valence-electron chi connectivity index (χ2n) is 3.64. The maximum atomic E-state index is 13.3. The van der Waals surface area contributed by atoms with Gasteiger partial charge in [-0.25, -0.2) is 9.18 Å².